The maximum Gasteiger partial charge on any atom is 0.0293 e. The van der Waals surface area contributed by atoms with Crippen molar-refractivity contribution in [3.63, 3.8) is 0 Å². The largest absolute Gasteiger partial charge is 0.309 e. The minimum absolute atomic E-state index is 0.470. The zero-order valence-electron chi connectivity index (χ0n) is 5.98. The molecule has 2 bridgehead atoms. The van der Waals surface area contributed by atoms with Gasteiger partial charge in [0.05, 0.1) is 0 Å². The van der Waals surface area contributed by atoms with Crippen molar-refractivity contribution >= 4 is 0 Å². The Morgan fingerprint density at radius 1 is 1.44 bits per heavy atom. The third kappa shape index (κ3) is 0.864. The predicted molar refractivity (Wildman–Crippen MR) is 37.5 cm³/mol. The summed E-state index contributed by atoms with van der Waals surface area (Å²) in [6.45, 7) is 7.36. The van der Waals surface area contributed by atoms with Crippen LogP contribution in [0.25, 0.3) is 0 Å². The van der Waals surface area contributed by atoms with Gasteiger partial charge >= 0.3 is 0 Å². The molecular formula is C7H14N2. The Kier molecular flexibility index (Phi) is 1.08. The summed E-state index contributed by atoms with van der Waals surface area (Å²) >= 11 is 0. The van der Waals surface area contributed by atoms with Crippen LogP contribution in [0.3, 0.4) is 0 Å². The molecule has 2 aliphatic rings. The summed E-state index contributed by atoms with van der Waals surface area (Å²) in [5, 5.41) is 3.55. The standard InChI is InChI=1S/C7H14N2/c1-7-2-4-9(6-7)5-3-8-7/h8H,2-6H2,1H3. The van der Waals surface area contributed by atoms with E-state index in [1.807, 2.05) is 0 Å². The smallest absolute Gasteiger partial charge is 0.0293 e. The van der Waals surface area contributed by atoms with Crippen LogP contribution < -0.4 is 5.32 Å². The molecule has 2 fully saturated rings. The van der Waals surface area contributed by atoms with Gasteiger partial charge in [0.25, 0.3) is 0 Å². The lowest BCUT2D eigenvalue weighted by Crippen LogP contribution is -2.51. The molecule has 0 aromatic rings. The molecule has 0 aromatic carbocycles. The van der Waals surface area contributed by atoms with E-state index in [1.54, 1.807) is 0 Å². The average Bonchev–Trinajstić information content (AvgIpc) is 2.07. The molecule has 52 valence electrons. The summed E-state index contributed by atoms with van der Waals surface area (Å²) < 4.78 is 0. The number of nitrogens with one attached hydrogen (secondary N) is 1. The monoisotopic (exact) mass is 126 g/mol. The van der Waals surface area contributed by atoms with Crippen LogP contribution in [0.15, 0.2) is 0 Å². The van der Waals surface area contributed by atoms with E-state index in [2.05, 4.69) is 17.1 Å². The van der Waals surface area contributed by atoms with Gasteiger partial charge in [0, 0.05) is 31.7 Å². The fourth-order valence-electron chi connectivity index (χ4n) is 1.91. The van der Waals surface area contributed by atoms with Crippen molar-refractivity contribution in [3.8, 4) is 0 Å². The number of hydrogen-bond donors (Lipinski definition) is 1. The van der Waals surface area contributed by atoms with Crippen LogP contribution in [0.4, 0.5) is 0 Å². The van der Waals surface area contributed by atoms with E-state index < -0.39 is 0 Å². The quantitative estimate of drug-likeness (QED) is 0.493. The van der Waals surface area contributed by atoms with Crippen LogP contribution in [-0.4, -0.2) is 36.6 Å². The minimum Gasteiger partial charge on any atom is -0.309 e. The topological polar surface area (TPSA) is 15.3 Å². The highest BCUT2D eigenvalue weighted by Gasteiger charge is 2.35. The second-order valence-electron chi connectivity index (χ2n) is 3.51. The first-order valence-electron chi connectivity index (χ1n) is 3.76. The molecule has 0 radical (unpaired) electrons. The summed E-state index contributed by atoms with van der Waals surface area (Å²) in [6, 6.07) is 0. The molecule has 0 spiro atoms. The zero-order valence-corrected chi connectivity index (χ0v) is 5.98. The Hall–Kier alpha value is -0.0800. The predicted octanol–water partition coefficient (Wildman–Crippen LogP) is 0.0540. The zero-order chi connectivity index (χ0) is 6.32. The Morgan fingerprint density at radius 3 is 3.00 bits per heavy atom. The highest BCUT2D eigenvalue weighted by Crippen LogP contribution is 2.22. The lowest BCUT2D eigenvalue weighted by atomic mass is 10.0. The Balaban J connectivity index is 2.13. The molecule has 2 nitrogen and oxygen atoms in total. The SMILES string of the molecule is CC12CCN(CCN1)C2. The van der Waals surface area contributed by atoms with E-state index in [9.17, 15) is 0 Å². The summed E-state index contributed by atoms with van der Waals surface area (Å²) in [7, 11) is 0. The molecule has 0 amide bonds. The fraction of sp³-hybridized carbons (Fsp3) is 1.00. The van der Waals surface area contributed by atoms with Crippen molar-refractivity contribution in [2.75, 3.05) is 26.2 Å². The van der Waals surface area contributed by atoms with Gasteiger partial charge in [-0.05, 0) is 13.3 Å². The van der Waals surface area contributed by atoms with Crippen LogP contribution >= 0.6 is 0 Å². The van der Waals surface area contributed by atoms with Crippen molar-refractivity contribution in [3.05, 3.63) is 0 Å². The van der Waals surface area contributed by atoms with Crippen LogP contribution in [0.5, 0.6) is 0 Å². The number of hydrogen-bond acceptors (Lipinski definition) is 2. The second kappa shape index (κ2) is 1.70. The van der Waals surface area contributed by atoms with Crippen molar-refractivity contribution in [1.82, 2.24) is 10.2 Å². The van der Waals surface area contributed by atoms with Crippen LogP contribution in [0.2, 0.25) is 0 Å². The molecule has 2 atom stereocenters. The summed E-state index contributed by atoms with van der Waals surface area (Å²) in [5.74, 6) is 0. The lowest BCUT2D eigenvalue weighted by molar-refractivity contribution is 0.239. The van der Waals surface area contributed by atoms with Crippen LogP contribution in [0.1, 0.15) is 13.3 Å². The molecule has 2 saturated heterocycles. The first-order valence-corrected chi connectivity index (χ1v) is 3.76. The normalized spacial score (nSPS) is 49.7. The Morgan fingerprint density at radius 2 is 2.33 bits per heavy atom. The van der Waals surface area contributed by atoms with E-state index in [4.69, 9.17) is 0 Å². The second-order valence-corrected chi connectivity index (χ2v) is 3.51. The van der Waals surface area contributed by atoms with Gasteiger partial charge < -0.3 is 10.2 Å². The maximum atomic E-state index is 3.55. The molecule has 2 aliphatic heterocycles. The third-order valence-corrected chi connectivity index (χ3v) is 2.53. The summed E-state index contributed by atoms with van der Waals surface area (Å²) in [6.07, 6.45) is 1.34. The third-order valence-electron chi connectivity index (χ3n) is 2.53. The van der Waals surface area contributed by atoms with Crippen LogP contribution in [-0.2, 0) is 0 Å². The Labute approximate surface area is 56.2 Å². The van der Waals surface area contributed by atoms with Gasteiger partial charge in [0.1, 0.15) is 0 Å². The van der Waals surface area contributed by atoms with Gasteiger partial charge in [-0.3, -0.25) is 0 Å². The first-order chi connectivity index (χ1) is 4.29. The first kappa shape index (κ1) is 5.69. The Bertz CT molecular complexity index is 120. The minimum atomic E-state index is 0.470. The molecule has 0 aromatic heterocycles. The van der Waals surface area contributed by atoms with E-state index in [1.165, 1.54) is 32.6 Å². The lowest BCUT2D eigenvalue weighted by Gasteiger charge is -2.31. The van der Waals surface area contributed by atoms with Gasteiger partial charge in [-0.2, -0.15) is 0 Å². The van der Waals surface area contributed by atoms with Gasteiger partial charge in [-0.25, -0.2) is 0 Å². The van der Waals surface area contributed by atoms with Crippen molar-refractivity contribution in [2.45, 2.75) is 18.9 Å². The molecule has 1 N–H and O–H groups in total. The molecule has 2 unspecified atom stereocenters. The van der Waals surface area contributed by atoms with Crippen molar-refractivity contribution in [1.29, 1.82) is 0 Å². The maximum absolute atomic E-state index is 3.55. The molecule has 0 aliphatic carbocycles. The van der Waals surface area contributed by atoms with Gasteiger partial charge in [-0.15, -0.1) is 0 Å². The van der Waals surface area contributed by atoms with E-state index in [0.717, 1.165) is 0 Å². The highest BCUT2D eigenvalue weighted by molar-refractivity contribution is 4.96. The summed E-state index contributed by atoms with van der Waals surface area (Å²) in [4.78, 5) is 2.54. The fourth-order valence-corrected chi connectivity index (χ4v) is 1.91. The highest BCUT2D eigenvalue weighted by atomic mass is 15.3. The van der Waals surface area contributed by atoms with E-state index in [-0.39, 0.29) is 0 Å². The number of piperazine rings is 1. The van der Waals surface area contributed by atoms with Crippen LogP contribution in [0, 0.1) is 0 Å². The molecule has 2 rings (SSSR count). The van der Waals surface area contributed by atoms with Gasteiger partial charge in [0.15, 0.2) is 0 Å². The van der Waals surface area contributed by atoms with Crippen molar-refractivity contribution in [2.24, 2.45) is 0 Å². The molecule has 2 heterocycles. The van der Waals surface area contributed by atoms with E-state index >= 15 is 0 Å². The number of nitrogens with zero attached hydrogens (tertiary/aromatic N) is 1. The summed E-state index contributed by atoms with van der Waals surface area (Å²) in [5.41, 5.74) is 0.470. The van der Waals surface area contributed by atoms with Gasteiger partial charge in [0.2, 0.25) is 0 Å². The molecular weight excluding hydrogens is 112 g/mol. The molecule has 2 heteroatoms. The van der Waals surface area contributed by atoms with Crippen molar-refractivity contribution < 1.29 is 0 Å². The van der Waals surface area contributed by atoms with E-state index in [0.29, 0.717) is 5.54 Å². The van der Waals surface area contributed by atoms with Gasteiger partial charge in [-0.1, -0.05) is 0 Å². The molecule has 9 heavy (non-hydrogen) atoms. The number of fused-ring (bicyclic) bond motifs is 2. The average molecular weight is 126 g/mol. The molecule has 0 saturated carbocycles. The number of rotatable bonds is 0.